The number of hydrogen-bond acceptors (Lipinski definition) is 6. The summed E-state index contributed by atoms with van der Waals surface area (Å²) in [6.07, 6.45) is 0. The summed E-state index contributed by atoms with van der Waals surface area (Å²) < 4.78 is 5.39. The van der Waals surface area contributed by atoms with Crippen molar-refractivity contribution < 1.29 is 14.6 Å². The Balaban J connectivity index is 1.60. The number of imidazole rings is 1. The molecule has 7 nitrogen and oxygen atoms in total. The Kier molecular flexibility index (Phi) is 5.20. The third-order valence-electron chi connectivity index (χ3n) is 4.25. The molecule has 4 rings (SSSR count). The van der Waals surface area contributed by atoms with E-state index in [0.29, 0.717) is 27.0 Å². The Morgan fingerprint density at radius 3 is 2.70 bits per heavy atom. The van der Waals surface area contributed by atoms with Crippen LogP contribution in [0.15, 0.2) is 35.5 Å². The molecule has 1 fully saturated rings. The van der Waals surface area contributed by atoms with Gasteiger partial charge in [-0.1, -0.05) is 35.5 Å². The number of nitrogens with zero attached hydrogens (tertiary/aromatic N) is 3. The number of halogens is 1. The number of carboxylic acids is 1. The number of morpholine rings is 1. The Hall–Kier alpha value is -2.29. The van der Waals surface area contributed by atoms with Crippen LogP contribution in [0.2, 0.25) is 5.02 Å². The minimum absolute atomic E-state index is 0.0661. The predicted octanol–water partition coefficient (Wildman–Crippen LogP) is 3.29. The van der Waals surface area contributed by atoms with Gasteiger partial charge in [0.15, 0.2) is 10.8 Å². The van der Waals surface area contributed by atoms with Crippen LogP contribution < -0.4 is 4.90 Å². The van der Waals surface area contributed by atoms with Gasteiger partial charge in [0.1, 0.15) is 0 Å². The molecule has 0 amide bonds. The molecule has 0 saturated carbocycles. The maximum absolute atomic E-state index is 10.7. The molecule has 9 heteroatoms. The third-order valence-corrected chi connectivity index (χ3v) is 5.40. The SMILES string of the molecule is O=C(O)CSc1nc2nc(-c3ccc(N4CCOCC4)cc3)c(Cl)cc2[nH]1. The van der Waals surface area contributed by atoms with Crippen LogP contribution in [-0.4, -0.2) is 58.1 Å². The van der Waals surface area contributed by atoms with Crippen LogP contribution in [0, 0.1) is 0 Å². The van der Waals surface area contributed by atoms with Gasteiger partial charge in [0.2, 0.25) is 0 Å². The Bertz CT molecular complexity index is 971. The molecule has 0 unspecified atom stereocenters. The molecule has 1 aliphatic heterocycles. The largest absolute Gasteiger partial charge is 0.481 e. The molecular formula is C18H17ClN4O3S. The molecule has 140 valence electrons. The number of pyridine rings is 1. The molecule has 1 aromatic carbocycles. The van der Waals surface area contributed by atoms with E-state index in [0.717, 1.165) is 49.3 Å². The highest BCUT2D eigenvalue weighted by Gasteiger charge is 2.14. The number of H-pyrrole nitrogens is 1. The topological polar surface area (TPSA) is 91.3 Å². The quantitative estimate of drug-likeness (QED) is 0.630. The van der Waals surface area contributed by atoms with Gasteiger partial charge in [-0.25, -0.2) is 9.97 Å². The molecule has 0 atom stereocenters. The fraction of sp³-hybridized carbons (Fsp3) is 0.278. The van der Waals surface area contributed by atoms with Gasteiger partial charge < -0.3 is 19.7 Å². The first kappa shape index (κ1) is 18.1. The first-order valence-corrected chi connectivity index (χ1v) is 9.80. The van der Waals surface area contributed by atoms with Gasteiger partial charge in [0, 0.05) is 24.3 Å². The Morgan fingerprint density at radius 2 is 2.00 bits per heavy atom. The maximum atomic E-state index is 10.7. The van der Waals surface area contributed by atoms with Crippen molar-refractivity contribution in [3.63, 3.8) is 0 Å². The van der Waals surface area contributed by atoms with Gasteiger partial charge in [-0.05, 0) is 18.2 Å². The highest BCUT2D eigenvalue weighted by atomic mass is 35.5. The molecule has 27 heavy (non-hydrogen) atoms. The number of rotatable bonds is 5. The van der Waals surface area contributed by atoms with Crippen molar-refractivity contribution in [1.29, 1.82) is 0 Å². The first-order chi connectivity index (χ1) is 13.1. The summed E-state index contributed by atoms with van der Waals surface area (Å²) >= 11 is 7.54. The van der Waals surface area contributed by atoms with E-state index in [4.69, 9.17) is 21.4 Å². The van der Waals surface area contributed by atoms with Crippen LogP contribution in [-0.2, 0) is 9.53 Å². The van der Waals surface area contributed by atoms with E-state index in [-0.39, 0.29) is 5.75 Å². The Labute approximate surface area is 164 Å². The summed E-state index contributed by atoms with van der Waals surface area (Å²) in [5.74, 6) is -0.962. The summed E-state index contributed by atoms with van der Waals surface area (Å²) in [5.41, 5.74) is 3.90. The fourth-order valence-corrected chi connectivity index (χ4v) is 3.80. The summed E-state index contributed by atoms with van der Waals surface area (Å²) in [7, 11) is 0. The van der Waals surface area contributed by atoms with Crippen LogP contribution in [0.4, 0.5) is 5.69 Å². The molecule has 0 aliphatic carbocycles. The number of hydrogen-bond donors (Lipinski definition) is 2. The number of ether oxygens (including phenoxy) is 1. The molecule has 0 spiro atoms. The number of aromatic amines is 1. The van der Waals surface area contributed by atoms with Gasteiger partial charge in [0.05, 0.1) is 35.2 Å². The smallest absolute Gasteiger partial charge is 0.313 e. The van der Waals surface area contributed by atoms with E-state index in [1.54, 1.807) is 6.07 Å². The van der Waals surface area contributed by atoms with Crippen molar-refractivity contribution in [3.05, 3.63) is 35.4 Å². The number of aromatic nitrogens is 3. The number of anilines is 1. The summed E-state index contributed by atoms with van der Waals surface area (Å²) in [6.45, 7) is 3.25. The number of nitrogens with one attached hydrogen (secondary N) is 1. The number of thioether (sulfide) groups is 1. The highest BCUT2D eigenvalue weighted by Crippen LogP contribution is 2.31. The minimum Gasteiger partial charge on any atom is -0.481 e. The van der Waals surface area contributed by atoms with Gasteiger partial charge in [-0.3, -0.25) is 4.79 Å². The molecule has 2 aromatic heterocycles. The van der Waals surface area contributed by atoms with E-state index in [9.17, 15) is 4.79 Å². The maximum Gasteiger partial charge on any atom is 0.313 e. The van der Waals surface area contributed by atoms with Crippen molar-refractivity contribution in [2.45, 2.75) is 5.16 Å². The lowest BCUT2D eigenvalue weighted by Crippen LogP contribution is -2.36. The second-order valence-electron chi connectivity index (χ2n) is 6.06. The molecule has 1 saturated heterocycles. The number of fused-ring (bicyclic) bond motifs is 1. The zero-order valence-corrected chi connectivity index (χ0v) is 15.9. The number of aliphatic carboxylic acids is 1. The van der Waals surface area contributed by atoms with E-state index in [1.165, 1.54) is 0 Å². The van der Waals surface area contributed by atoms with Crippen molar-refractivity contribution in [3.8, 4) is 11.3 Å². The lowest BCUT2D eigenvalue weighted by atomic mass is 10.1. The summed E-state index contributed by atoms with van der Waals surface area (Å²) in [6, 6.07) is 9.88. The molecule has 2 N–H and O–H groups in total. The monoisotopic (exact) mass is 404 g/mol. The molecule has 0 radical (unpaired) electrons. The molecular weight excluding hydrogens is 388 g/mol. The standard InChI is InChI=1S/C18H17ClN4O3S/c19-13-9-14-17(22-18(20-14)27-10-15(24)25)21-16(13)11-1-3-12(4-2-11)23-5-7-26-8-6-23/h1-4,9H,5-8,10H2,(H,24,25)(H,20,21,22). The molecule has 3 heterocycles. The zero-order chi connectivity index (χ0) is 18.8. The number of benzene rings is 1. The van der Waals surface area contributed by atoms with E-state index in [1.807, 2.05) is 12.1 Å². The highest BCUT2D eigenvalue weighted by molar-refractivity contribution is 7.99. The fourth-order valence-electron chi connectivity index (χ4n) is 2.95. The van der Waals surface area contributed by atoms with Gasteiger partial charge in [0.25, 0.3) is 0 Å². The molecule has 0 bridgehead atoms. The number of carbonyl (C=O) groups is 1. The minimum atomic E-state index is -0.896. The van der Waals surface area contributed by atoms with Gasteiger partial charge >= 0.3 is 5.97 Å². The van der Waals surface area contributed by atoms with Gasteiger partial charge in [-0.2, -0.15) is 0 Å². The Morgan fingerprint density at radius 1 is 1.26 bits per heavy atom. The van der Waals surface area contributed by atoms with E-state index < -0.39 is 5.97 Å². The van der Waals surface area contributed by atoms with Crippen LogP contribution in [0.25, 0.3) is 22.4 Å². The zero-order valence-electron chi connectivity index (χ0n) is 14.3. The average Bonchev–Trinajstić information content (AvgIpc) is 3.08. The normalized spacial score (nSPS) is 14.6. The van der Waals surface area contributed by atoms with Crippen LogP contribution in [0.3, 0.4) is 0 Å². The van der Waals surface area contributed by atoms with Gasteiger partial charge in [-0.15, -0.1) is 0 Å². The van der Waals surface area contributed by atoms with Crippen LogP contribution in [0.1, 0.15) is 0 Å². The molecule has 1 aliphatic rings. The third kappa shape index (κ3) is 4.02. The van der Waals surface area contributed by atoms with Crippen molar-refractivity contribution in [2.24, 2.45) is 0 Å². The number of carboxylic acid groups (broad SMARTS) is 1. The molecule has 3 aromatic rings. The van der Waals surface area contributed by atoms with Crippen molar-refractivity contribution in [2.75, 3.05) is 37.0 Å². The summed E-state index contributed by atoms with van der Waals surface area (Å²) in [5, 5.41) is 9.82. The van der Waals surface area contributed by atoms with E-state index in [2.05, 4.69) is 32.0 Å². The van der Waals surface area contributed by atoms with Crippen LogP contribution in [0.5, 0.6) is 0 Å². The second-order valence-corrected chi connectivity index (χ2v) is 7.43. The van der Waals surface area contributed by atoms with Crippen molar-refractivity contribution in [1.82, 2.24) is 15.0 Å². The lowest BCUT2D eigenvalue weighted by Gasteiger charge is -2.28. The van der Waals surface area contributed by atoms with E-state index >= 15 is 0 Å². The summed E-state index contributed by atoms with van der Waals surface area (Å²) in [4.78, 5) is 25.0. The average molecular weight is 405 g/mol. The first-order valence-electron chi connectivity index (χ1n) is 8.44. The lowest BCUT2D eigenvalue weighted by molar-refractivity contribution is -0.133. The second kappa shape index (κ2) is 7.75. The van der Waals surface area contributed by atoms with Crippen molar-refractivity contribution >= 4 is 46.2 Å². The van der Waals surface area contributed by atoms with Crippen LogP contribution >= 0.6 is 23.4 Å². The predicted molar refractivity (Wildman–Crippen MR) is 106 cm³/mol.